The van der Waals surface area contributed by atoms with Gasteiger partial charge < -0.3 is 5.11 Å². The molecule has 1 aromatic carbocycles. The van der Waals surface area contributed by atoms with E-state index in [-0.39, 0.29) is 34.6 Å². The Labute approximate surface area is 124 Å². The molecule has 110 valence electrons. The van der Waals surface area contributed by atoms with Gasteiger partial charge in [0.2, 0.25) is 0 Å². The first-order chi connectivity index (χ1) is 9.91. The molecular formula is C18H20O3. The summed E-state index contributed by atoms with van der Waals surface area (Å²) in [6, 6.07) is 5.21. The summed E-state index contributed by atoms with van der Waals surface area (Å²) >= 11 is 0. The van der Waals surface area contributed by atoms with Crippen LogP contribution in [-0.4, -0.2) is 16.7 Å². The average molecular weight is 284 g/mol. The summed E-state index contributed by atoms with van der Waals surface area (Å²) in [6.45, 7) is 4.06. The minimum atomic E-state index is -0.635. The number of carbonyl (C=O) groups excluding carboxylic acids is 2. The monoisotopic (exact) mass is 284 g/mol. The maximum atomic E-state index is 12.8. The molecule has 1 N–H and O–H groups in total. The summed E-state index contributed by atoms with van der Waals surface area (Å²) in [4.78, 5) is 25.6. The minimum absolute atomic E-state index is 0.000368. The molecule has 3 nitrogen and oxygen atoms in total. The fraction of sp³-hybridized carbons (Fsp3) is 0.556. The third-order valence-electron chi connectivity index (χ3n) is 5.92. The number of hydrogen-bond acceptors (Lipinski definition) is 3. The van der Waals surface area contributed by atoms with Crippen molar-refractivity contribution in [3.63, 3.8) is 0 Å². The molecule has 2 atom stereocenters. The Hall–Kier alpha value is -1.64. The Morgan fingerprint density at radius 1 is 1.05 bits per heavy atom. The van der Waals surface area contributed by atoms with Gasteiger partial charge in [-0.05, 0) is 53.9 Å². The summed E-state index contributed by atoms with van der Waals surface area (Å²) < 4.78 is 0. The Bertz CT molecular complexity index is 630. The van der Waals surface area contributed by atoms with Crippen LogP contribution in [0.4, 0.5) is 0 Å². The van der Waals surface area contributed by atoms with E-state index in [0.29, 0.717) is 5.92 Å². The van der Waals surface area contributed by atoms with Crippen LogP contribution in [0.5, 0.6) is 5.75 Å². The van der Waals surface area contributed by atoms with Crippen molar-refractivity contribution in [2.75, 3.05) is 0 Å². The molecule has 4 aliphatic carbocycles. The SMILES string of the molecule is CC1(C)C2CC1C(=O)C(c1cc(O)ccc1C1CC1)C2=O. The topological polar surface area (TPSA) is 54.4 Å². The molecule has 0 amide bonds. The van der Waals surface area contributed by atoms with Crippen LogP contribution < -0.4 is 0 Å². The van der Waals surface area contributed by atoms with Gasteiger partial charge in [0.1, 0.15) is 11.7 Å². The van der Waals surface area contributed by atoms with Crippen molar-refractivity contribution in [3.8, 4) is 5.75 Å². The highest BCUT2D eigenvalue weighted by molar-refractivity contribution is 6.14. The van der Waals surface area contributed by atoms with Crippen molar-refractivity contribution in [2.45, 2.75) is 44.9 Å². The lowest BCUT2D eigenvalue weighted by Gasteiger charge is -2.56. The molecule has 21 heavy (non-hydrogen) atoms. The summed E-state index contributed by atoms with van der Waals surface area (Å²) in [6.07, 6.45) is 2.95. The molecule has 2 unspecified atom stereocenters. The van der Waals surface area contributed by atoms with Crippen molar-refractivity contribution in [2.24, 2.45) is 17.3 Å². The van der Waals surface area contributed by atoms with Crippen LogP contribution in [0.2, 0.25) is 0 Å². The second-order valence-electron chi connectivity index (χ2n) is 7.49. The molecule has 0 aromatic heterocycles. The highest BCUT2D eigenvalue weighted by atomic mass is 16.3. The molecule has 3 heteroatoms. The number of aromatic hydroxyl groups is 1. The number of ketones is 2. The number of rotatable bonds is 2. The van der Waals surface area contributed by atoms with Gasteiger partial charge in [0.05, 0.1) is 0 Å². The Kier molecular flexibility index (Phi) is 2.46. The van der Waals surface area contributed by atoms with Gasteiger partial charge in [0.15, 0.2) is 11.6 Å². The highest BCUT2D eigenvalue weighted by Gasteiger charge is 2.62. The number of Topliss-reactive ketones (excluding diaryl/α,β-unsaturated/α-hetero) is 2. The van der Waals surface area contributed by atoms with Gasteiger partial charge in [0.25, 0.3) is 0 Å². The van der Waals surface area contributed by atoms with Gasteiger partial charge in [-0.3, -0.25) is 9.59 Å². The number of phenols is 1. The maximum absolute atomic E-state index is 12.8. The van der Waals surface area contributed by atoms with Crippen LogP contribution in [0, 0.1) is 17.3 Å². The molecule has 0 radical (unpaired) electrons. The average Bonchev–Trinajstić information content (AvgIpc) is 3.22. The van der Waals surface area contributed by atoms with Crippen LogP contribution in [0.1, 0.15) is 56.1 Å². The van der Waals surface area contributed by atoms with E-state index in [0.717, 1.165) is 30.4 Å². The quantitative estimate of drug-likeness (QED) is 0.849. The Balaban J connectivity index is 1.79. The summed E-state index contributed by atoms with van der Waals surface area (Å²) in [5.41, 5.74) is 1.69. The Morgan fingerprint density at radius 3 is 2.19 bits per heavy atom. The van der Waals surface area contributed by atoms with E-state index < -0.39 is 5.92 Å². The lowest BCUT2D eigenvalue weighted by Crippen LogP contribution is -2.60. The maximum Gasteiger partial charge on any atom is 0.151 e. The molecule has 1 aromatic rings. The summed E-state index contributed by atoms with van der Waals surface area (Å²) in [5, 5.41) is 9.80. The number of carbonyl (C=O) groups is 2. The van der Waals surface area contributed by atoms with E-state index in [1.807, 2.05) is 19.9 Å². The molecule has 0 heterocycles. The van der Waals surface area contributed by atoms with Crippen molar-refractivity contribution >= 4 is 11.6 Å². The van der Waals surface area contributed by atoms with Crippen LogP contribution in [0.3, 0.4) is 0 Å². The summed E-state index contributed by atoms with van der Waals surface area (Å²) in [5.74, 6) is 0.115. The molecule has 0 spiro atoms. The molecule has 4 fully saturated rings. The molecule has 5 rings (SSSR count). The van der Waals surface area contributed by atoms with Gasteiger partial charge in [-0.15, -0.1) is 0 Å². The van der Waals surface area contributed by atoms with E-state index in [1.165, 1.54) is 0 Å². The first-order valence-electron chi connectivity index (χ1n) is 7.81. The van der Waals surface area contributed by atoms with Crippen LogP contribution in [-0.2, 0) is 9.59 Å². The van der Waals surface area contributed by atoms with Crippen molar-refractivity contribution in [1.29, 1.82) is 0 Å². The second kappa shape index (κ2) is 3.96. The standard InChI is InChI=1S/C18H20O3/c1-18(2)13-8-14(18)17(21)15(16(13)20)12-7-10(19)5-6-11(12)9-3-4-9/h5-7,9,13-15,19H,3-4,8H2,1-2H3. The van der Waals surface area contributed by atoms with E-state index >= 15 is 0 Å². The number of hydrogen-bond donors (Lipinski definition) is 1. The van der Waals surface area contributed by atoms with Gasteiger partial charge >= 0.3 is 0 Å². The molecular weight excluding hydrogens is 264 g/mol. The normalized spacial score (nSPS) is 33.7. The van der Waals surface area contributed by atoms with E-state index in [4.69, 9.17) is 0 Å². The molecule has 4 aliphatic rings. The fourth-order valence-electron chi connectivity index (χ4n) is 4.32. The number of benzene rings is 1. The van der Waals surface area contributed by atoms with Crippen molar-refractivity contribution < 1.29 is 14.7 Å². The van der Waals surface area contributed by atoms with E-state index in [1.54, 1.807) is 12.1 Å². The van der Waals surface area contributed by atoms with Crippen LogP contribution >= 0.6 is 0 Å². The first kappa shape index (κ1) is 13.1. The predicted molar refractivity (Wildman–Crippen MR) is 78.2 cm³/mol. The zero-order valence-corrected chi connectivity index (χ0v) is 12.4. The van der Waals surface area contributed by atoms with Crippen LogP contribution in [0.25, 0.3) is 0 Å². The second-order valence-corrected chi connectivity index (χ2v) is 7.49. The van der Waals surface area contributed by atoms with Gasteiger partial charge in [-0.2, -0.15) is 0 Å². The van der Waals surface area contributed by atoms with E-state index in [9.17, 15) is 14.7 Å². The molecule has 2 bridgehead atoms. The third-order valence-corrected chi connectivity index (χ3v) is 5.92. The van der Waals surface area contributed by atoms with E-state index in [2.05, 4.69) is 0 Å². The highest BCUT2D eigenvalue weighted by Crippen LogP contribution is 2.60. The van der Waals surface area contributed by atoms with Gasteiger partial charge in [0, 0.05) is 11.8 Å². The zero-order valence-electron chi connectivity index (χ0n) is 12.4. The lowest BCUT2D eigenvalue weighted by atomic mass is 9.45. The molecule has 4 saturated carbocycles. The lowest BCUT2D eigenvalue weighted by molar-refractivity contribution is -0.163. The van der Waals surface area contributed by atoms with Gasteiger partial charge in [-0.25, -0.2) is 0 Å². The van der Waals surface area contributed by atoms with Crippen molar-refractivity contribution in [1.82, 2.24) is 0 Å². The largest absolute Gasteiger partial charge is 0.508 e. The minimum Gasteiger partial charge on any atom is -0.508 e. The zero-order chi connectivity index (χ0) is 14.9. The third kappa shape index (κ3) is 1.66. The molecule has 0 saturated heterocycles. The van der Waals surface area contributed by atoms with Crippen molar-refractivity contribution in [3.05, 3.63) is 29.3 Å². The molecule has 0 aliphatic heterocycles. The predicted octanol–water partition coefficient (Wildman–Crippen LogP) is 3.17. The summed E-state index contributed by atoms with van der Waals surface area (Å²) in [7, 11) is 0. The number of phenolic OH excluding ortho intramolecular Hbond substituents is 1. The van der Waals surface area contributed by atoms with Gasteiger partial charge in [-0.1, -0.05) is 19.9 Å². The number of fused-ring (bicyclic) bond motifs is 2. The van der Waals surface area contributed by atoms with Crippen LogP contribution in [0.15, 0.2) is 18.2 Å². The first-order valence-corrected chi connectivity index (χ1v) is 7.81. The fourth-order valence-corrected chi connectivity index (χ4v) is 4.32. The Morgan fingerprint density at radius 2 is 1.67 bits per heavy atom. The smallest absolute Gasteiger partial charge is 0.151 e.